The van der Waals surface area contributed by atoms with Gasteiger partial charge >= 0.3 is 0 Å². The first-order valence-corrected chi connectivity index (χ1v) is 8.45. The van der Waals surface area contributed by atoms with E-state index in [1.807, 2.05) is 13.0 Å². The maximum absolute atomic E-state index is 11.9. The number of rotatable bonds is 8. The molecule has 0 unspecified atom stereocenters. The molecule has 7 heteroatoms. The first kappa shape index (κ1) is 19.7. The second kappa shape index (κ2) is 10.4. The molecule has 0 spiro atoms. The van der Waals surface area contributed by atoms with E-state index in [9.17, 15) is 9.59 Å². The van der Waals surface area contributed by atoms with Crippen molar-refractivity contribution in [3.8, 4) is 11.8 Å². The van der Waals surface area contributed by atoms with Gasteiger partial charge in [0.1, 0.15) is 5.75 Å². The van der Waals surface area contributed by atoms with Gasteiger partial charge in [-0.2, -0.15) is 10.4 Å². The van der Waals surface area contributed by atoms with Crippen LogP contribution in [-0.2, 0) is 9.59 Å². The number of hydrogen-bond donors (Lipinski definition) is 2. The van der Waals surface area contributed by atoms with Crippen molar-refractivity contribution in [1.29, 1.82) is 5.26 Å². The molecule has 0 saturated carbocycles. The molecule has 0 saturated heterocycles. The van der Waals surface area contributed by atoms with Crippen LogP contribution in [0.5, 0.6) is 5.75 Å². The molecule has 0 aromatic heterocycles. The maximum Gasteiger partial charge on any atom is 0.240 e. The van der Waals surface area contributed by atoms with Crippen molar-refractivity contribution in [1.82, 2.24) is 5.43 Å². The van der Waals surface area contributed by atoms with Gasteiger partial charge in [-0.05, 0) is 48.9 Å². The fraction of sp³-hybridized carbons (Fsp3) is 0.200. The van der Waals surface area contributed by atoms with Gasteiger partial charge in [0.15, 0.2) is 0 Å². The Balaban J connectivity index is 1.71. The number of nitriles is 1. The molecular formula is C20H20N4O3. The summed E-state index contributed by atoms with van der Waals surface area (Å²) >= 11 is 0. The van der Waals surface area contributed by atoms with Gasteiger partial charge < -0.3 is 10.1 Å². The molecule has 0 aliphatic rings. The first-order valence-electron chi connectivity index (χ1n) is 8.45. The molecule has 2 amide bonds. The fourth-order valence-electron chi connectivity index (χ4n) is 2.13. The second-order valence-corrected chi connectivity index (χ2v) is 5.53. The van der Waals surface area contributed by atoms with E-state index in [1.165, 1.54) is 6.21 Å². The summed E-state index contributed by atoms with van der Waals surface area (Å²) in [6.07, 6.45) is 1.54. The van der Waals surface area contributed by atoms with E-state index in [0.717, 1.165) is 11.3 Å². The Labute approximate surface area is 157 Å². The molecular weight excluding hydrogens is 344 g/mol. The number of nitrogens with zero attached hydrogens (tertiary/aromatic N) is 2. The first-order chi connectivity index (χ1) is 13.1. The molecule has 0 fully saturated rings. The van der Waals surface area contributed by atoms with Crippen LogP contribution in [0.4, 0.5) is 5.69 Å². The molecule has 0 aliphatic carbocycles. The van der Waals surface area contributed by atoms with Crippen LogP contribution in [0.3, 0.4) is 0 Å². The van der Waals surface area contributed by atoms with E-state index >= 15 is 0 Å². The Morgan fingerprint density at radius 3 is 2.37 bits per heavy atom. The Morgan fingerprint density at radius 1 is 1.07 bits per heavy atom. The monoisotopic (exact) mass is 364 g/mol. The number of anilines is 1. The molecule has 0 heterocycles. The highest BCUT2D eigenvalue weighted by Gasteiger charge is 2.07. The number of carbonyl (C=O) groups excluding carboxylic acids is 2. The molecule has 27 heavy (non-hydrogen) atoms. The predicted molar refractivity (Wildman–Crippen MR) is 102 cm³/mol. The maximum atomic E-state index is 11.9. The van der Waals surface area contributed by atoms with Crippen LogP contribution in [0.15, 0.2) is 53.6 Å². The predicted octanol–water partition coefficient (Wildman–Crippen LogP) is 2.83. The van der Waals surface area contributed by atoms with Gasteiger partial charge in [-0.3, -0.25) is 9.59 Å². The van der Waals surface area contributed by atoms with Crippen LogP contribution < -0.4 is 15.5 Å². The van der Waals surface area contributed by atoms with Crippen LogP contribution in [0, 0.1) is 11.3 Å². The van der Waals surface area contributed by atoms with Gasteiger partial charge in [0.05, 0.1) is 24.5 Å². The lowest BCUT2D eigenvalue weighted by molar-refractivity contribution is -0.124. The zero-order chi connectivity index (χ0) is 19.5. The summed E-state index contributed by atoms with van der Waals surface area (Å²) in [5.74, 6) is 0.113. The molecule has 2 N–H and O–H groups in total. The molecule has 2 rings (SSSR count). The lowest BCUT2D eigenvalue weighted by atomic mass is 10.2. The van der Waals surface area contributed by atoms with Crippen molar-refractivity contribution in [2.24, 2.45) is 5.10 Å². The van der Waals surface area contributed by atoms with Crippen molar-refractivity contribution in [2.45, 2.75) is 19.8 Å². The van der Waals surface area contributed by atoms with Crippen molar-refractivity contribution >= 4 is 23.7 Å². The number of hydrogen-bond acceptors (Lipinski definition) is 5. The van der Waals surface area contributed by atoms with Crippen molar-refractivity contribution in [2.75, 3.05) is 11.9 Å². The standard InChI is InChI=1S/C20H20N4O3/c1-2-27-18-9-7-17(8-10-18)23-19(25)11-12-20(26)24-22-14-16-5-3-15(13-21)4-6-16/h3-10,14H,2,11-12H2,1H3,(H,23,25)(H,24,26). The third-order valence-corrected chi connectivity index (χ3v) is 3.47. The zero-order valence-electron chi connectivity index (χ0n) is 14.9. The van der Waals surface area contributed by atoms with Gasteiger partial charge in [0.2, 0.25) is 11.8 Å². The zero-order valence-corrected chi connectivity index (χ0v) is 14.9. The summed E-state index contributed by atoms with van der Waals surface area (Å²) in [5, 5.41) is 15.3. The number of nitrogens with one attached hydrogen (secondary N) is 2. The Hall–Kier alpha value is -3.66. The van der Waals surface area contributed by atoms with Crippen LogP contribution in [-0.4, -0.2) is 24.6 Å². The highest BCUT2D eigenvalue weighted by molar-refractivity contribution is 5.93. The van der Waals surface area contributed by atoms with Gasteiger partial charge in [0.25, 0.3) is 0 Å². The number of hydrazone groups is 1. The van der Waals surface area contributed by atoms with Crippen molar-refractivity contribution in [3.63, 3.8) is 0 Å². The molecule has 7 nitrogen and oxygen atoms in total. The minimum absolute atomic E-state index is 0.0214. The van der Waals surface area contributed by atoms with E-state index in [4.69, 9.17) is 10.00 Å². The Morgan fingerprint density at radius 2 is 1.74 bits per heavy atom. The van der Waals surface area contributed by atoms with E-state index in [1.54, 1.807) is 48.5 Å². The topological polar surface area (TPSA) is 104 Å². The van der Waals surface area contributed by atoms with E-state index in [0.29, 0.717) is 17.9 Å². The molecule has 0 bridgehead atoms. The molecule has 0 atom stereocenters. The van der Waals surface area contributed by atoms with Crippen LogP contribution in [0.2, 0.25) is 0 Å². The van der Waals surface area contributed by atoms with Crippen molar-refractivity contribution in [3.05, 3.63) is 59.7 Å². The number of amides is 2. The minimum atomic E-state index is -0.360. The summed E-state index contributed by atoms with van der Waals surface area (Å²) in [5.41, 5.74) is 4.31. The Kier molecular flexibility index (Phi) is 7.54. The summed E-state index contributed by atoms with van der Waals surface area (Å²) in [6, 6.07) is 15.8. The van der Waals surface area contributed by atoms with E-state index in [-0.39, 0.29) is 24.7 Å². The number of ether oxygens (including phenoxy) is 1. The lowest BCUT2D eigenvalue weighted by Crippen LogP contribution is -2.20. The largest absolute Gasteiger partial charge is 0.494 e. The number of benzene rings is 2. The second-order valence-electron chi connectivity index (χ2n) is 5.53. The highest BCUT2D eigenvalue weighted by atomic mass is 16.5. The summed E-state index contributed by atoms with van der Waals surface area (Å²) in [4.78, 5) is 23.6. The van der Waals surface area contributed by atoms with Gasteiger partial charge in [-0.1, -0.05) is 12.1 Å². The van der Waals surface area contributed by atoms with Crippen LogP contribution in [0.1, 0.15) is 30.9 Å². The van der Waals surface area contributed by atoms with Crippen molar-refractivity contribution < 1.29 is 14.3 Å². The quantitative estimate of drug-likeness (QED) is 0.555. The van der Waals surface area contributed by atoms with E-state index < -0.39 is 0 Å². The fourth-order valence-corrected chi connectivity index (χ4v) is 2.13. The molecule has 138 valence electrons. The third-order valence-electron chi connectivity index (χ3n) is 3.47. The molecule has 2 aromatic carbocycles. The molecule has 0 aliphatic heterocycles. The average molecular weight is 364 g/mol. The van der Waals surface area contributed by atoms with E-state index in [2.05, 4.69) is 15.8 Å². The normalized spacial score (nSPS) is 10.2. The van der Waals surface area contributed by atoms with Crippen LogP contribution in [0.25, 0.3) is 0 Å². The Bertz CT molecular complexity index is 837. The van der Waals surface area contributed by atoms with Gasteiger partial charge in [-0.25, -0.2) is 5.43 Å². The minimum Gasteiger partial charge on any atom is -0.494 e. The highest BCUT2D eigenvalue weighted by Crippen LogP contribution is 2.15. The lowest BCUT2D eigenvalue weighted by Gasteiger charge is -2.07. The summed E-state index contributed by atoms with van der Waals surface area (Å²) in [6.45, 7) is 2.48. The van der Waals surface area contributed by atoms with Gasteiger partial charge in [-0.15, -0.1) is 0 Å². The van der Waals surface area contributed by atoms with Crippen LogP contribution >= 0.6 is 0 Å². The summed E-state index contributed by atoms with van der Waals surface area (Å²) < 4.78 is 5.33. The molecule has 2 aromatic rings. The average Bonchev–Trinajstić information content (AvgIpc) is 2.69. The van der Waals surface area contributed by atoms with Gasteiger partial charge in [0, 0.05) is 18.5 Å². The third kappa shape index (κ3) is 7.00. The number of carbonyl (C=O) groups is 2. The SMILES string of the molecule is CCOc1ccc(NC(=O)CCC(=O)NN=Cc2ccc(C#N)cc2)cc1. The molecule has 0 radical (unpaired) electrons. The summed E-state index contributed by atoms with van der Waals surface area (Å²) in [7, 11) is 0. The smallest absolute Gasteiger partial charge is 0.240 e.